The first-order valence-electron chi connectivity index (χ1n) is 14.6. The number of aliphatic hydroxyl groups is 2. The summed E-state index contributed by atoms with van der Waals surface area (Å²) in [6.07, 6.45) is 10.1. The van der Waals surface area contributed by atoms with Crippen LogP contribution in [0.15, 0.2) is 47.7 Å². The van der Waals surface area contributed by atoms with Gasteiger partial charge in [0.05, 0.1) is 23.5 Å². The fraction of sp³-hybridized carbons (Fsp3) is 0.645. The molecule has 1 heterocycles. The predicted molar refractivity (Wildman–Crippen MR) is 156 cm³/mol. The van der Waals surface area contributed by atoms with Gasteiger partial charge in [-0.25, -0.2) is 0 Å². The van der Waals surface area contributed by atoms with Crippen molar-refractivity contribution in [3.63, 3.8) is 0 Å². The molecule has 3 aliphatic rings. The minimum Gasteiger partial charge on any atom is -0.508 e. The maximum Gasteiger partial charge on any atom is 0.230 e. The second kappa shape index (κ2) is 14.1. The molecule has 216 valence electrons. The second-order valence-corrected chi connectivity index (χ2v) is 12.1. The van der Waals surface area contributed by atoms with E-state index in [4.69, 9.17) is 14.3 Å². The van der Waals surface area contributed by atoms with Crippen molar-refractivity contribution in [1.29, 1.82) is 0 Å². The molecule has 3 N–H and O–H groups in total. The summed E-state index contributed by atoms with van der Waals surface area (Å²) in [4.78, 5) is 5.65. The monoisotopic (exact) mass is 559 g/mol. The van der Waals surface area contributed by atoms with Crippen LogP contribution in [0.25, 0.3) is 0 Å². The van der Waals surface area contributed by atoms with E-state index in [-0.39, 0.29) is 47.9 Å². The van der Waals surface area contributed by atoms with Crippen LogP contribution in [-0.4, -0.2) is 64.2 Å². The van der Waals surface area contributed by atoms with Crippen LogP contribution < -0.4 is 4.74 Å². The molecule has 0 unspecified atom stereocenters. The molecule has 1 fully saturated rings. The third-order valence-electron chi connectivity index (χ3n) is 8.30. The SMILES string of the molecule is C=CCO[C@@]12Oc3ccc(O)cc3[C@H]3[C@H](CCCCO)[C@@H](CCCCO)C=C(C(=NOCC)C[C@@H]1SCC)[C@H]32. The molecule has 4 rings (SSSR count). The highest BCUT2D eigenvalue weighted by molar-refractivity contribution is 8.00. The average molecular weight is 560 g/mol. The minimum absolute atomic E-state index is 0.0164. The van der Waals surface area contributed by atoms with Gasteiger partial charge >= 0.3 is 0 Å². The maximum atomic E-state index is 10.6. The Kier molecular flexibility index (Phi) is 10.8. The largest absolute Gasteiger partial charge is 0.508 e. The smallest absolute Gasteiger partial charge is 0.230 e. The van der Waals surface area contributed by atoms with E-state index in [1.807, 2.05) is 30.8 Å². The van der Waals surface area contributed by atoms with Gasteiger partial charge in [-0.05, 0) is 74.0 Å². The molecule has 0 bridgehead atoms. The van der Waals surface area contributed by atoms with Gasteiger partial charge in [-0.15, -0.1) is 6.58 Å². The van der Waals surface area contributed by atoms with Crippen molar-refractivity contribution in [3.05, 3.63) is 48.1 Å². The van der Waals surface area contributed by atoms with Crippen molar-refractivity contribution in [3.8, 4) is 11.5 Å². The van der Waals surface area contributed by atoms with Crippen LogP contribution >= 0.6 is 11.8 Å². The van der Waals surface area contributed by atoms with E-state index in [0.29, 0.717) is 19.6 Å². The minimum atomic E-state index is -0.925. The van der Waals surface area contributed by atoms with Crippen LogP contribution in [-0.2, 0) is 9.57 Å². The van der Waals surface area contributed by atoms with Crippen molar-refractivity contribution in [2.45, 2.75) is 75.7 Å². The lowest BCUT2D eigenvalue weighted by Crippen LogP contribution is -2.64. The molecule has 1 aromatic rings. The number of ether oxygens (including phenoxy) is 2. The fourth-order valence-corrected chi connectivity index (χ4v) is 8.00. The predicted octanol–water partition coefficient (Wildman–Crippen LogP) is 5.80. The first-order valence-corrected chi connectivity index (χ1v) is 15.6. The Morgan fingerprint density at radius 2 is 1.92 bits per heavy atom. The Balaban J connectivity index is 1.94. The van der Waals surface area contributed by atoms with E-state index in [0.717, 1.165) is 66.9 Å². The molecule has 0 aromatic heterocycles. The Labute approximate surface area is 237 Å². The number of hydrogen-bond donors (Lipinski definition) is 3. The molecule has 1 aromatic carbocycles. The molecule has 6 atom stereocenters. The number of phenols is 1. The summed E-state index contributed by atoms with van der Waals surface area (Å²) in [5.41, 5.74) is 3.07. The Hall–Kier alpha value is -2.00. The molecular formula is C31H45NO6S. The number of nitrogens with zero attached hydrogens (tertiary/aromatic N) is 1. The van der Waals surface area contributed by atoms with E-state index in [1.165, 1.54) is 0 Å². The Bertz CT molecular complexity index is 1030. The van der Waals surface area contributed by atoms with Crippen LogP contribution in [0.5, 0.6) is 11.5 Å². The number of benzene rings is 1. The summed E-state index contributed by atoms with van der Waals surface area (Å²) in [5.74, 6) is 1.33. The number of aliphatic hydroxyl groups excluding tert-OH is 2. The summed E-state index contributed by atoms with van der Waals surface area (Å²) >= 11 is 1.82. The number of hydrogen-bond acceptors (Lipinski definition) is 8. The van der Waals surface area contributed by atoms with Gasteiger partial charge in [0.1, 0.15) is 18.1 Å². The lowest BCUT2D eigenvalue weighted by molar-refractivity contribution is -0.223. The van der Waals surface area contributed by atoms with Crippen molar-refractivity contribution >= 4 is 17.5 Å². The van der Waals surface area contributed by atoms with Gasteiger partial charge in [0.2, 0.25) is 5.79 Å². The highest BCUT2D eigenvalue weighted by Crippen LogP contribution is 2.62. The number of fused-ring (bicyclic) bond motifs is 2. The van der Waals surface area contributed by atoms with Gasteiger partial charge in [-0.3, -0.25) is 0 Å². The summed E-state index contributed by atoms with van der Waals surface area (Å²) in [6, 6.07) is 5.42. The quantitative estimate of drug-likeness (QED) is 0.142. The molecule has 8 heteroatoms. The fourth-order valence-electron chi connectivity index (χ4n) is 6.83. The van der Waals surface area contributed by atoms with Gasteiger partial charge in [0, 0.05) is 31.1 Å². The molecule has 2 aliphatic carbocycles. The molecule has 1 saturated carbocycles. The molecule has 0 spiro atoms. The van der Waals surface area contributed by atoms with Gasteiger partial charge in [0.25, 0.3) is 0 Å². The number of rotatable bonds is 15. The zero-order valence-electron chi connectivity index (χ0n) is 23.4. The number of oxime groups is 1. The van der Waals surface area contributed by atoms with E-state index in [9.17, 15) is 15.3 Å². The van der Waals surface area contributed by atoms with Gasteiger partial charge in [0.15, 0.2) is 0 Å². The van der Waals surface area contributed by atoms with E-state index >= 15 is 0 Å². The molecule has 0 saturated heterocycles. The first kappa shape index (κ1) is 30.0. The van der Waals surface area contributed by atoms with Crippen LogP contribution in [0.1, 0.15) is 70.3 Å². The molecule has 7 nitrogen and oxygen atoms in total. The normalized spacial score (nSPS) is 30.2. The molecule has 39 heavy (non-hydrogen) atoms. The van der Waals surface area contributed by atoms with Gasteiger partial charge < -0.3 is 29.6 Å². The summed E-state index contributed by atoms with van der Waals surface area (Å²) in [5, 5.41) is 34.3. The van der Waals surface area contributed by atoms with Crippen LogP contribution in [0, 0.1) is 17.8 Å². The maximum absolute atomic E-state index is 10.6. The summed E-state index contributed by atoms with van der Waals surface area (Å²) in [7, 11) is 0. The second-order valence-electron chi connectivity index (χ2n) is 10.6. The molecule has 0 amide bonds. The first-order chi connectivity index (χ1) is 19.0. The average Bonchev–Trinajstić information content (AvgIpc) is 2.94. The number of allylic oxidation sites excluding steroid dienone is 1. The van der Waals surface area contributed by atoms with Crippen LogP contribution in [0.3, 0.4) is 0 Å². The van der Waals surface area contributed by atoms with Crippen LogP contribution in [0.4, 0.5) is 0 Å². The topological polar surface area (TPSA) is 101 Å². The highest BCUT2D eigenvalue weighted by atomic mass is 32.2. The van der Waals surface area contributed by atoms with E-state index < -0.39 is 5.79 Å². The molecule has 0 radical (unpaired) electrons. The van der Waals surface area contributed by atoms with Crippen molar-refractivity contribution in [1.82, 2.24) is 0 Å². The number of aromatic hydroxyl groups is 1. The summed E-state index contributed by atoms with van der Waals surface area (Å²) in [6.45, 7) is 9.23. The molecule has 1 aliphatic heterocycles. The van der Waals surface area contributed by atoms with Crippen LogP contribution in [0.2, 0.25) is 0 Å². The molecular weight excluding hydrogens is 514 g/mol. The zero-order chi connectivity index (χ0) is 27.8. The number of phenolic OH excluding ortho intramolecular Hbond substituents is 1. The lowest BCUT2D eigenvalue weighted by atomic mass is 9.56. The van der Waals surface area contributed by atoms with Gasteiger partial charge in [-0.2, -0.15) is 11.8 Å². The van der Waals surface area contributed by atoms with E-state index in [2.05, 4.69) is 24.7 Å². The third kappa shape index (κ3) is 6.19. The third-order valence-corrected chi connectivity index (χ3v) is 9.54. The van der Waals surface area contributed by atoms with Crippen molar-refractivity contribution in [2.75, 3.05) is 32.2 Å². The van der Waals surface area contributed by atoms with Crippen molar-refractivity contribution < 1.29 is 29.6 Å². The lowest BCUT2D eigenvalue weighted by Gasteiger charge is -2.58. The Morgan fingerprint density at radius 1 is 1.15 bits per heavy atom. The van der Waals surface area contributed by atoms with Gasteiger partial charge in [-0.1, -0.05) is 37.1 Å². The van der Waals surface area contributed by atoms with Crippen molar-refractivity contribution in [2.24, 2.45) is 22.9 Å². The standard InChI is InChI=1S/C31H45NO6S/c1-4-17-36-31-28(39-6-3)20-26(32-37-5-2)24-18-21(11-7-9-15-33)23(12-8-10-16-34)29(30(24)31)25-19-22(35)13-14-27(25)38-31/h4,13-14,18-19,21,23,28-30,33-35H,1,5-12,15-17,20H2,2-3H3/t21-,23+,28-,29+,30+,31+/m0/s1. The number of thioether (sulfide) groups is 1. The zero-order valence-corrected chi connectivity index (χ0v) is 24.2. The van der Waals surface area contributed by atoms with E-state index in [1.54, 1.807) is 12.1 Å². The number of unbranched alkanes of at least 4 members (excludes halogenated alkanes) is 2. The highest BCUT2D eigenvalue weighted by Gasteiger charge is 2.63. The summed E-state index contributed by atoms with van der Waals surface area (Å²) < 4.78 is 13.7. The Morgan fingerprint density at radius 3 is 2.62 bits per heavy atom.